The van der Waals surface area contributed by atoms with Crippen LogP contribution in [0, 0.1) is 12.8 Å². The Morgan fingerprint density at radius 3 is 2.24 bits per heavy atom. The zero-order valence-electron chi connectivity index (χ0n) is 11.0. The van der Waals surface area contributed by atoms with E-state index in [1.165, 1.54) is 24.0 Å². The number of hydrogen-bond acceptors (Lipinski definition) is 0. The first-order chi connectivity index (χ1) is 8.09. The van der Waals surface area contributed by atoms with Crippen molar-refractivity contribution in [1.82, 2.24) is 0 Å². The lowest BCUT2D eigenvalue weighted by Crippen LogP contribution is -2.33. The molecule has 0 aliphatic rings. The van der Waals surface area contributed by atoms with Crippen LogP contribution in [0.3, 0.4) is 0 Å². The smallest absolute Gasteiger partial charge is 0.0152 e. The molecule has 2 heteroatoms. The van der Waals surface area contributed by atoms with Crippen molar-refractivity contribution in [1.29, 1.82) is 0 Å². The molecule has 1 atom stereocenters. The van der Waals surface area contributed by atoms with Gasteiger partial charge in [-0.2, -0.15) is 0 Å². The molecule has 0 aromatic heterocycles. The van der Waals surface area contributed by atoms with Crippen LogP contribution in [0.5, 0.6) is 0 Å². The Morgan fingerprint density at radius 1 is 1.18 bits per heavy atom. The molecule has 0 fully saturated rings. The molecule has 0 bridgehead atoms. The molecule has 0 saturated carbocycles. The van der Waals surface area contributed by atoms with Crippen molar-refractivity contribution in [2.45, 2.75) is 39.0 Å². The zero-order chi connectivity index (χ0) is 12.9. The van der Waals surface area contributed by atoms with E-state index in [4.69, 9.17) is 0 Å². The van der Waals surface area contributed by atoms with Gasteiger partial charge in [0.1, 0.15) is 0 Å². The largest absolute Gasteiger partial charge is 0.0918 e. The monoisotopic (exact) mass is 360 g/mol. The van der Waals surface area contributed by atoms with Crippen LogP contribution < -0.4 is 0 Å². The van der Waals surface area contributed by atoms with Crippen molar-refractivity contribution in [2.24, 2.45) is 5.92 Å². The third kappa shape index (κ3) is 3.57. The van der Waals surface area contributed by atoms with Gasteiger partial charge in [-0.1, -0.05) is 76.4 Å². The van der Waals surface area contributed by atoms with Crippen molar-refractivity contribution >= 4 is 31.9 Å². The predicted molar refractivity (Wildman–Crippen MR) is 84.5 cm³/mol. The summed E-state index contributed by atoms with van der Waals surface area (Å²) in [4.78, 5) is 0. The topological polar surface area (TPSA) is 0 Å². The maximum Gasteiger partial charge on any atom is 0.0152 e. The third-order valence-corrected chi connectivity index (χ3v) is 5.81. The summed E-state index contributed by atoms with van der Waals surface area (Å²) >= 11 is 7.46. The number of hydrogen-bond donors (Lipinski definition) is 0. The van der Waals surface area contributed by atoms with Gasteiger partial charge in [-0.25, -0.2) is 0 Å². The molecule has 0 amide bonds. The minimum absolute atomic E-state index is 0.223. The van der Waals surface area contributed by atoms with Crippen LogP contribution in [0.2, 0.25) is 0 Å². The molecule has 1 aromatic rings. The van der Waals surface area contributed by atoms with Gasteiger partial charge in [0, 0.05) is 16.1 Å². The lowest BCUT2D eigenvalue weighted by atomic mass is 9.75. The molecule has 0 spiro atoms. The SMILES string of the molecule is CCC(C)CC(CBr)(CBr)c1ccccc1C. The standard InChI is InChI=1S/C15H22Br2/c1-4-12(2)9-15(10-16,11-17)14-8-6-5-7-13(14)3/h5-8,12H,4,9-11H2,1-3H3. The van der Waals surface area contributed by atoms with Crippen molar-refractivity contribution in [3.8, 4) is 0 Å². The molecule has 0 aliphatic carbocycles. The van der Waals surface area contributed by atoms with Crippen molar-refractivity contribution in [3.63, 3.8) is 0 Å². The highest BCUT2D eigenvalue weighted by atomic mass is 79.9. The summed E-state index contributed by atoms with van der Waals surface area (Å²) in [6.45, 7) is 6.83. The van der Waals surface area contributed by atoms with Gasteiger partial charge in [-0.3, -0.25) is 0 Å². The zero-order valence-corrected chi connectivity index (χ0v) is 14.1. The minimum Gasteiger partial charge on any atom is -0.0918 e. The molecule has 1 unspecified atom stereocenters. The van der Waals surface area contributed by atoms with Gasteiger partial charge in [-0.05, 0) is 30.4 Å². The lowest BCUT2D eigenvalue weighted by Gasteiger charge is -2.34. The summed E-state index contributed by atoms with van der Waals surface area (Å²) in [5.74, 6) is 0.754. The molecule has 0 radical (unpaired) electrons. The average molecular weight is 362 g/mol. The van der Waals surface area contributed by atoms with E-state index in [9.17, 15) is 0 Å². The van der Waals surface area contributed by atoms with Crippen LogP contribution in [0.4, 0.5) is 0 Å². The van der Waals surface area contributed by atoms with E-state index in [2.05, 4.69) is 76.9 Å². The predicted octanol–water partition coefficient (Wildman–Crippen LogP) is 5.46. The lowest BCUT2D eigenvalue weighted by molar-refractivity contribution is 0.385. The molecule has 0 aliphatic heterocycles. The fourth-order valence-electron chi connectivity index (χ4n) is 2.38. The summed E-state index contributed by atoms with van der Waals surface area (Å²) in [7, 11) is 0. The highest BCUT2D eigenvalue weighted by Gasteiger charge is 2.32. The fraction of sp³-hybridized carbons (Fsp3) is 0.600. The Hall–Kier alpha value is 0.180. The molecule has 17 heavy (non-hydrogen) atoms. The van der Waals surface area contributed by atoms with Crippen LogP contribution in [0.15, 0.2) is 24.3 Å². The Balaban J connectivity index is 3.11. The van der Waals surface area contributed by atoms with Crippen molar-refractivity contribution in [3.05, 3.63) is 35.4 Å². The second-order valence-electron chi connectivity index (χ2n) is 5.08. The van der Waals surface area contributed by atoms with E-state index in [-0.39, 0.29) is 5.41 Å². The van der Waals surface area contributed by atoms with E-state index in [0.29, 0.717) is 0 Å². The van der Waals surface area contributed by atoms with E-state index in [1.807, 2.05) is 0 Å². The third-order valence-electron chi connectivity index (χ3n) is 3.66. The molecular formula is C15H22Br2. The molecule has 0 N–H and O–H groups in total. The summed E-state index contributed by atoms with van der Waals surface area (Å²) in [6.07, 6.45) is 2.47. The van der Waals surface area contributed by atoms with Gasteiger partial charge in [0.25, 0.3) is 0 Å². The number of alkyl halides is 2. The molecular weight excluding hydrogens is 340 g/mol. The first-order valence-electron chi connectivity index (χ1n) is 6.27. The maximum absolute atomic E-state index is 3.73. The van der Waals surface area contributed by atoms with Crippen LogP contribution >= 0.6 is 31.9 Å². The van der Waals surface area contributed by atoms with Gasteiger partial charge in [-0.15, -0.1) is 0 Å². The van der Waals surface area contributed by atoms with Crippen LogP contribution in [-0.2, 0) is 5.41 Å². The maximum atomic E-state index is 3.73. The van der Waals surface area contributed by atoms with E-state index >= 15 is 0 Å². The van der Waals surface area contributed by atoms with Crippen LogP contribution in [0.1, 0.15) is 37.8 Å². The quantitative estimate of drug-likeness (QED) is 0.590. The molecule has 0 nitrogen and oxygen atoms in total. The molecule has 1 rings (SSSR count). The number of benzene rings is 1. The van der Waals surface area contributed by atoms with Crippen LogP contribution in [-0.4, -0.2) is 10.7 Å². The normalized spacial score (nSPS) is 13.7. The average Bonchev–Trinajstić information content (AvgIpc) is 2.36. The van der Waals surface area contributed by atoms with E-state index in [1.54, 1.807) is 0 Å². The summed E-state index contributed by atoms with van der Waals surface area (Å²) in [6, 6.07) is 8.76. The van der Waals surface area contributed by atoms with Crippen molar-refractivity contribution < 1.29 is 0 Å². The Labute approximate surface area is 122 Å². The number of halogens is 2. The highest BCUT2D eigenvalue weighted by molar-refractivity contribution is 9.09. The molecule has 96 valence electrons. The highest BCUT2D eigenvalue weighted by Crippen LogP contribution is 2.37. The molecule has 1 aromatic carbocycles. The minimum atomic E-state index is 0.223. The second-order valence-corrected chi connectivity index (χ2v) is 6.20. The molecule has 0 heterocycles. The number of aryl methyl sites for hydroxylation is 1. The summed E-state index contributed by atoms with van der Waals surface area (Å²) in [5, 5.41) is 2.03. The fourth-order valence-corrected chi connectivity index (χ4v) is 4.37. The van der Waals surface area contributed by atoms with Crippen molar-refractivity contribution in [2.75, 3.05) is 10.7 Å². The van der Waals surface area contributed by atoms with Gasteiger partial charge >= 0.3 is 0 Å². The Morgan fingerprint density at radius 2 is 1.76 bits per heavy atom. The molecule has 0 saturated heterocycles. The summed E-state index contributed by atoms with van der Waals surface area (Å²) < 4.78 is 0. The van der Waals surface area contributed by atoms with E-state index < -0.39 is 0 Å². The number of rotatable bonds is 6. The Bertz CT molecular complexity index is 343. The van der Waals surface area contributed by atoms with Gasteiger partial charge in [0.15, 0.2) is 0 Å². The first kappa shape index (κ1) is 15.2. The van der Waals surface area contributed by atoms with E-state index in [0.717, 1.165) is 16.6 Å². The Kier molecular flexibility index (Phi) is 6.22. The van der Waals surface area contributed by atoms with Gasteiger partial charge in [0.05, 0.1) is 0 Å². The first-order valence-corrected chi connectivity index (χ1v) is 8.52. The van der Waals surface area contributed by atoms with Gasteiger partial charge < -0.3 is 0 Å². The summed E-state index contributed by atoms with van der Waals surface area (Å²) in [5.41, 5.74) is 3.10. The second kappa shape index (κ2) is 6.94. The van der Waals surface area contributed by atoms with Crippen LogP contribution in [0.25, 0.3) is 0 Å². The van der Waals surface area contributed by atoms with Gasteiger partial charge in [0.2, 0.25) is 0 Å².